The highest BCUT2D eigenvalue weighted by Gasteiger charge is 2.44. The molecule has 2 aliphatic carbocycles. The molecule has 2 N–H and O–H groups in total. The van der Waals surface area contributed by atoms with E-state index in [1.54, 1.807) is 0 Å². The van der Waals surface area contributed by atoms with Gasteiger partial charge in [0.25, 0.3) is 0 Å². The summed E-state index contributed by atoms with van der Waals surface area (Å²) in [6.45, 7) is 7.28. The summed E-state index contributed by atoms with van der Waals surface area (Å²) in [6.07, 6.45) is 14.9. The highest BCUT2D eigenvalue weighted by Crippen LogP contribution is 2.53. The molecule has 0 atom stereocenters. The van der Waals surface area contributed by atoms with Gasteiger partial charge >= 0.3 is 0 Å². The fourth-order valence-corrected chi connectivity index (χ4v) is 3.95. The van der Waals surface area contributed by atoms with Crippen LogP contribution in [-0.4, -0.2) is 25.3 Å². The molecular weight excluding hydrogens is 246 g/mol. The van der Waals surface area contributed by atoms with Crippen LogP contribution in [0.1, 0.15) is 78.1 Å². The maximum Gasteiger partial charge on any atom is 0.0319 e. The van der Waals surface area contributed by atoms with Gasteiger partial charge in [-0.2, -0.15) is 0 Å². The predicted octanol–water partition coefficient (Wildman–Crippen LogP) is 4.37. The minimum Gasteiger partial charge on any atom is -0.400 e. The molecule has 0 amide bonds. The minimum atomic E-state index is 0.792. The lowest BCUT2D eigenvalue weighted by atomic mass is 9.55. The van der Waals surface area contributed by atoms with Crippen molar-refractivity contribution in [2.45, 2.75) is 78.1 Å². The number of nitrogens with one attached hydrogen (secondary N) is 1. The maximum atomic E-state index is 7.00. The zero-order valence-electron chi connectivity index (χ0n) is 14.1. The normalized spacial score (nSPS) is 25.1. The van der Waals surface area contributed by atoms with Crippen LogP contribution in [0.2, 0.25) is 0 Å². The molecule has 0 aromatic heterocycles. The van der Waals surface area contributed by atoms with Gasteiger partial charge in [0.2, 0.25) is 0 Å². The molecular formula is C18H37NO. The van der Waals surface area contributed by atoms with Crippen LogP contribution in [0.25, 0.3) is 0 Å². The van der Waals surface area contributed by atoms with Crippen molar-refractivity contribution in [2.75, 3.05) is 20.2 Å². The molecule has 3 aliphatic rings. The summed E-state index contributed by atoms with van der Waals surface area (Å²) in [5.74, 6) is 1.97. The molecule has 2 nitrogen and oxygen atoms in total. The van der Waals surface area contributed by atoms with Gasteiger partial charge < -0.3 is 10.4 Å². The van der Waals surface area contributed by atoms with Crippen molar-refractivity contribution in [3.8, 4) is 0 Å². The third-order valence-corrected chi connectivity index (χ3v) is 5.50. The molecule has 1 saturated heterocycles. The first kappa shape index (κ1) is 18.0. The summed E-state index contributed by atoms with van der Waals surface area (Å²) in [5, 5.41) is 10.5. The highest BCUT2D eigenvalue weighted by molar-refractivity contribution is 4.96. The summed E-state index contributed by atoms with van der Waals surface area (Å²) < 4.78 is 0. The van der Waals surface area contributed by atoms with Crippen LogP contribution >= 0.6 is 0 Å². The molecule has 0 unspecified atom stereocenters. The van der Waals surface area contributed by atoms with Crippen LogP contribution in [0.5, 0.6) is 0 Å². The smallest absolute Gasteiger partial charge is 0.0319 e. The number of hydrogen-bond acceptors (Lipinski definition) is 2. The molecule has 1 aliphatic heterocycles. The van der Waals surface area contributed by atoms with E-state index in [0.717, 1.165) is 24.4 Å². The Bertz CT molecular complexity index is 210. The molecule has 0 aromatic carbocycles. The second kappa shape index (κ2) is 9.78. The Morgan fingerprint density at radius 1 is 0.850 bits per heavy atom. The minimum absolute atomic E-state index is 0.792. The van der Waals surface area contributed by atoms with Crippen LogP contribution in [0.4, 0.5) is 0 Å². The van der Waals surface area contributed by atoms with E-state index < -0.39 is 0 Å². The average molecular weight is 283 g/mol. The van der Waals surface area contributed by atoms with Crippen LogP contribution in [0.15, 0.2) is 0 Å². The van der Waals surface area contributed by atoms with Crippen molar-refractivity contribution in [2.24, 2.45) is 17.3 Å². The van der Waals surface area contributed by atoms with Gasteiger partial charge in [0, 0.05) is 7.11 Å². The standard InChI is InChI=1S/C11H21N.C6H12.CH4O/c1-9(2)10-7-11(8-10)3-5-12-6-4-11;1-2-4-6-5-3-1;1-2/h9-10,12H,3-8H2,1-2H3;1-6H2;2H,1H3. The van der Waals surface area contributed by atoms with Gasteiger partial charge in [-0.1, -0.05) is 52.4 Å². The maximum absolute atomic E-state index is 7.00. The second-order valence-corrected chi connectivity index (χ2v) is 7.28. The van der Waals surface area contributed by atoms with E-state index in [4.69, 9.17) is 5.11 Å². The molecule has 2 heteroatoms. The molecule has 0 radical (unpaired) electrons. The average Bonchev–Trinajstić information content (AvgIpc) is 2.50. The number of aliphatic hydroxyl groups is 1. The number of piperidine rings is 1. The Hall–Kier alpha value is -0.0800. The number of hydrogen-bond donors (Lipinski definition) is 2. The van der Waals surface area contributed by atoms with Crippen LogP contribution in [0.3, 0.4) is 0 Å². The molecule has 20 heavy (non-hydrogen) atoms. The summed E-state index contributed by atoms with van der Waals surface area (Å²) in [6, 6.07) is 0. The van der Waals surface area contributed by atoms with Crippen LogP contribution in [0, 0.1) is 17.3 Å². The van der Waals surface area contributed by atoms with Gasteiger partial charge in [-0.3, -0.25) is 0 Å². The third kappa shape index (κ3) is 5.73. The van der Waals surface area contributed by atoms with Gasteiger partial charge in [-0.15, -0.1) is 0 Å². The topological polar surface area (TPSA) is 32.3 Å². The van der Waals surface area contributed by atoms with E-state index in [9.17, 15) is 0 Å². The van der Waals surface area contributed by atoms with E-state index in [0.29, 0.717) is 0 Å². The molecule has 3 rings (SSSR count). The first-order chi connectivity index (χ1) is 9.72. The third-order valence-electron chi connectivity index (χ3n) is 5.50. The van der Waals surface area contributed by atoms with Crippen molar-refractivity contribution in [1.82, 2.24) is 5.32 Å². The van der Waals surface area contributed by atoms with E-state index in [2.05, 4.69) is 19.2 Å². The first-order valence-electron chi connectivity index (χ1n) is 8.87. The van der Waals surface area contributed by atoms with Gasteiger partial charge in [0.15, 0.2) is 0 Å². The lowest BCUT2D eigenvalue weighted by molar-refractivity contribution is -0.00191. The molecule has 3 fully saturated rings. The summed E-state index contributed by atoms with van der Waals surface area (Å²) in [4.78, 5) is 0. The summed E-state index contributed by atoms with van der Waals surface area (Å²) in [5.41, 5.74) is 0.792. The quantitative estimate of drug-likeness (QED) is 0.749. The number of aliphatic hydroxyl groups excluding tert-OH is 1. The SMILES string of the molecule is C1CCCCC1.CC(C)C1CC2(CCNCC2)C1.CO. The Morgan fingerprint density at radius 3 is 1.60 bits per heavy atom. The van der Waals surface area contributed by atoms with Gasteiger partial charge in [0.05, 0.1) is 0 Å². The van der Waals surface area contributed by atoms with Crippen molar-refractivity contribution < 1.29 is 5.11 Å². The van der Waals surface area contributed by atoms with E-state index in [1.807, 2.05) is 0 Å². The Morgan fingerprint density at radius 2 is 1.25 bits per heavy atom. The molecule has 120 valence electrons. The molecule has 0 bridgehead atoms. The van der Waals surface area contributed by atoms with E-state index in [1.165, 1.54) is 77.3 Å². The second-order valence-electron chi connectivity index (χ2n) is 7.28. The van der Waals surface area contributed by atoms with E-state index >= 15 is 0 Å². The fraction of sp³-hybridized carbons (Fsp3) is 1.00. The predicted molar refractivity (Wildman–Crippen MR) is 87.9 cm³/mol. The van der Waals surface area contributed by atoms with Gasteiger partial charge in [-0.05, 0) is 56.0 Å². The van der Waals surface area contributed by atoms with Crippen molar-refractivity contribution in [1.29, 1.82) is 0 Å². The fourth-order valence-electron chi connectivity index (χ4n) is 3.95. The van der Waals surface area contributed by atoms with Gasteiger partial charge in [0.1, 0.15) is 0 Å². The first-order valence-corrected chi connectivity index (χ1v) is 8.87. The lowest BCUT2D eigenvalue weighted by Crippen LogP contribution is -2.46. The van der Waals surface area contributed by atoms with Crippen molar-refractivity contribution >= 4 is 0 Å². The van der Waals surface area contributed by atoms with Crippen molar-refractivity contribution in [3.05, 3.63) is 0 Å². The Kier molecular flexibility index (Phi) is 8.79. The zero-order valence-corrected chi connectivity index (χ0v) is 14.1. The van der Waals surface area contributed by atoms with Crippen molar-refractivity contribution in [3.63, 3.8) is 0 Å². The molecule has 1 spiro atoms. The van der Waals surface area contributed by atoms with E-state index in [-0.39, 0.29) is 0 Å². The monoisotopic (exact) mass is 283 g/mol. The highest BCUT2D eigenvalue weighted by atomic mass is 16.2. The number of rotatable bonds is 1. The molecule has 2 saturated carbocycles. The summed E-state index contributed by atoms with van der Waals surface area (Å²) in [7, 11) is 1.00. The van der Waals surface area contributed by atoms with Crippen LogP contribution < -0.4 is 5.32 Å². The largest absolute Gasteiger partial charge is 0.400 e. The summed E-state index contributed by atoms with van der Waals surface area (Å²) >= 11 is 0. The molecule has 0 aromatic rings. The Balaban J connectivity index is 0.000000211. The zero-order chi connectivity index (χ0) is 14.8. The van der Waals surface area contributed by atoms with Crippen LogP contribution in [-0.2, 0) is 0 Å². The Labute approximate surface area is 126 Å². The lowest BCUT2D eigenvalue weighted by Gasteiger charge is -2.52. The molecule has 1 heterocycles. The van der Waals surface area contributed by atoms with Gasteiger partial charge in [-0.25, -0.2) is 0 Å².